The van der Waals surface area contributed by atoms with Crippen LogP contribution in [0.3, 0.4) is 0 Å². The highest BCUT2D eigenvalue weighted by Gasteiger charge is 2.28. The number of benzene rings is 2. The fraction of sp³-hybridized carbons (Fsp3) is 0.455. The molecule has 2 heteroatoms. The Morgan fingerprint density at radius 3 is 2.46 bits per heavy atom. The quantitative estimate of drug-likeness (QED) is 0.878. The van der Waals surface area contributed by atoms with E-state index in [2.05, 4.69) is 64.8 Å². The number of nitrogens with zero attached hydrogens (tertiary/aromatic N) is 1. The van der Waals surface area contributed by atoms with Crippen LogP contribution in [0.25, 0.3) is 0 Å². The van der Waals surface area contributed by atoms with Gasteiger partial charge in [0.1, 0.15) is 0 Å². The second kappa shape index (κ2) is 7.40. The van der Waals surface area contributed by atoms with E-state index in [4.69, 9.17) is 0 Å². The van der Waals surface area contributed by atoms with E-state index in [9.17, 15) is 0 Å². The van der Waals surface area contributed by atoms with E-state index in [0.29, 0.717) is 6.04 Å². The van der Waals surface area contributed by atoms with Crippen molar-refractivity contribution in [2.75, 3.05) is 11.4 Å². The minimum atomic E-state index is 0.612. The largest absolute Gasteiger partial charge is 0.365 e. The maximum absolute atomic E-state index is 3.88. The summed E-state index contributed by atoms with van der Waals surface area (Å²) in [5.74, 6) is 0.839. The summed E-state index contributed by atoms with van der Waals surface area (Å²) in [5.41, 5.74) is 4.25. The van der Waals surface area contributed by atoms with Gasteiger partial charge >= 0.3 is 0 Å². The number of rotatable bonds is 3. The Morgan fingerprint density at radius 1 is 0.875 bits per heavy atom. The summed E-state index contributed by atoms with van der Waals surface area (Å²) in [4.78, 5) is 2.60. The second-order valence-electron chi connectivity index (χ2n) is 7.38. The van der Waals surface area contributed by atoms with E-state index in [1.807, 2.05) is 0 Å². The highest BCUT2D eigenvalue weighted by atomic mass is 15.2. The Hall–Kier alpha value is -1.80. The summed E-state index contributed by atoms with van der Waals surface area (Å²) < 4.78 is 0. The lowest BCUT2D eigenvalue weighted by Crippen LogP contribution is -2.43. The normalized spacial score (nSPS) is 22.0. The van der Waals surface area contributed by atoms with E-state index in [-0.39, 0.29) is 0 Å². The Labute approximate surface area is 145 Å². The van der Waals surface area contributed by atoms with E-state index in [1.54, 1.807) is 0 Å². The van der Waals surface area contributed by atoms with Gasteiger partial charge in [0.05, 0.1) is 0 Å². The standard InChI is InChI=1S/C22H28N2/c1-3-9-18(10-4-1)16-24-17-21(19-11-5-2-6-12-19)23-15-20-13-7-8-14-22(20)24/h1,3-4,7-10,13-14,19,21,23H,2,5-6,11-12,15-17H2. The minimum Gasteiger partial charge on any atom is -0.365 e. The molecule has 0 aromatic heterocycles. The van der Waals surface area contributed by atoms with Gasteiger partial charge in [-0.15, -0.1) is 0 Å². The van der Waals surface area contributed by atoms with Gasteiger partial charge in [0.25, 0.3) is 0 Å². The molecule has 0 spiro atoms. The Morgan fingerprint density at radius 2 is 1.62 bits per heavy atom. The van der Waals surface area contributed by atoms with Gasteiger partial charge in [-0.05, 0) is 36.0 Å². The zero-order valence-electron chi connectivity index (χ0n) is 14.5. The lowest BCUT2D eigenvalue weighted by molar-refractivity contribution is 0.271. The third-order valence-electron chi connectivity index (χ3n) is 5.74. The number of nitrogens with one attached hydrogen (secondary N) is 1. The molecule has 4 rings (SSSR count). The van der Waals surface area contributed by atoms with Crippen molar-refractivity contribution in [1.82, 2.24) is 5.32 Å². The van der Waals surface area contributed by atoms with E-state index >= 15 is 0 Å². The monoisotopic (exact) mass is 320 g/mol. The maximum Gasteiger partial charge on any atom is 0.0430 e. The molecule has 1 N–H and O–H groups in total. The van der Waals surface area contributed by atoms with Crippen LogP contribution in [0.4, 0.5) is 5.69 Å². The molecule has 0 radical (unpaired) electrons. The number of hydrogen-bond donors (Lipinski definition) is 1. The first kappa shape index (κ1) is 15.7. The fourth-order valence-corrected chi connectivity index (χ4v) is 4.42. The summed E-state index contributed by atoms with van der Waals surface area (Å²) in [6.07, 6.45) is 7.04. The first-order valence-electron chi connectivity index (χ1n) is 9.50. The van der Waals surface area contributed by atoms with Crippen LogP contribution >= 0.6 is 0 Å². The third kappa shape index (κ3) is 3.49. The van der Waals surface area contributed by atoms with Gasteiger partial charge in [0.15, 0.2) is 0 Å². The molecule has 1 saturated carbocycles. The van der Waals surface area contributed by atoms with Crippen molar-refractivity contribution in [3.63, 3.8) is 0 Å². The molecule has 2 aliphatic rings. The van der Waals surface area contributed by atoms with E-state index < -0.39 is 0 Å². The van der Waals surface area contributed by atoms with Crippen molar-refractivity contribution < 1.29 is 0 Å². The Bertz CT molecular complexity index is 646. The molecule has 2 nitrogen and oxygen atoms in total. The Balaban J connectivity index is 1.59. The van der Waals surface area contributed by atoms with Crippen molar-refractivity contribution in [2.24, 2.45) is 5.92 Å². The van der Waals surface area contributed by atoms with Crippen LogP contribution < -0.4 is 10.2 Å². The van der Waals surface area contributed by atoms with Crippen molar-refractivity contribution >= 4 is 5.69 Å². The number of hydrogen-bond acceptors (Lipinski definition) is 2. The Kier molecular flexibility index (Phi) is 4.84. The van der Waals surface area contributed by atoms with Crippen LogP contribution in [0.15, 0.2) is 54.6 Å². The summed E-state index contributed by atoms with van der Waals surface area (Å²) in [7, 11) is 0. The highest BCUT2D eigenvalue weighted by Crippen LogP contribution is 2.31. The van der Waals surface area contributed by atoms with Crippen LogP contribution in [-0.4, -0.2) is 12.6 Å². The van der Waals surface area contributed by atoms with E-state index in [1.165, 1.54) is 48.9 Å². The van der Waals surface area contributed by atoms with Gasteiger partial charge in [0.2, 0.25) is 0 Å². The molecular formula is C22H28N2. The van der Waals surface area contributed by atoms with Crippen LogP contribution in [-0.2, 0) is 13.1 Å². The molecular weight excluding hydrogens is 292 g/mol. The van der Waals surface area contributed by atoms with Crippen LogP contribution in [0.1, 0.15) is 43.2 Å². The van der Waals surface area contributed by atoms with Gasteiger partial charge in [-0.3, -0.25) is 0 Å². The molecule has 0 amide bonds. The molecule has 0 saturated heterocycles. The predicted molar refractivity (Wildman–Crippen MR) is 101 cm³/mol. The number of anilines is 1. The number of para-hydroxylation sites is 1. The summed E-state index contributed by atoms with van der Waals surface area (Å²) in [5, 5.41) is 3.88. The lowest BCUT2D eigenvalue weighted by atomic mass is 9.83. The van der Waals surface area contributed by atoms with Crippen LogP contribution in [0.5, 0.6) is 0 Å². The average molecular weight is 320 g/mol. The van der Waals surface area contributed by atoms with Crippen LogP contribution in [0, 0.1) is 5.92 Å². The van der Waals surface area contributed by atoms with Gasteiger partial charge < -0.3 is 10.2 Å². The summed E-state index contributed by atoms with van der Waals surface area (Å²) in [6.45, 7) is 3.13. The minimum absolute atomic E-state index is 0.612. The second-order valence-corrected chi connectivity index (χ2v) is 7.38. The van der Waals surface area contributed by atoms with Crippen molar-refractivity contribution in [1.29, 1.82) is 0 Å². The molecule has 1 aliphatic heterocycles. The average Bonchev–Trinajstić information content (AvgIpc) is 2.83. The van der Waals surface area contributed by atoms with Gasteiger partial charge in [-0.1, -0.05) is 67.8 Å². The van der Waals surface area contributed by atoms with E-state index in [0.717, 1.165) is 25.6 Å². The summed E-state index contributed by atoms with van der Waals surface area (Å²) >= 11 is 0. The van der Waals surface area contributed by atoms with Crippen LogP contribution in [0.2, 0.25) is 0 Å². The molecule has 0 bridgehead atoms. The molecule has 24 heavy (non-hydrogen) atoms. The molecule has 1 heterocycles. The molecule has 1 aliphatic carbocycles. The predicted octanol–water partition coefficient (Wildman–Crippen LogP) is 4.75. The smallest absolute Gasteiger partial charge is 0.0430 e. The van der Waals surface area contributed by atoms with Crippen molar-refractivity contribution in [2.45, 2.75) is 51.2 Å². The first-order valence-corrected chi connectivity index (χ1v) is 9.50. The highest BCUT2D eigenvalue weighted by molar-refractivity contribution is 5.55. The molecule has 1 atom stereocenters. The summed E-state index contributed by atoms with van der Waals surface area (Å²) in [6, 6.07) is 20.4. The van der Waals surface area contributed by atoms with Crippen molar-refractivity contribution in [3.05, 3.63) is 65.7 Å². The first-order chi connectivity index (χ1) is 11.9. The third-order valence-corrected chi connectivity index (χ3v) is 5.74. The molecule has 2 aromatic carbocycles. The molecule has 126 valence electrons. The SMILES string of the molecule is c1ccc(CN2CC(C3CCCCC3)NCc3ccccc32)cc1. The topological polar surface area (TPSA) is 15.3 Å². The maximum atomic E-state index is 3.88. The lowest BCUT2D eigenvalue weighted by Gasteiger charge is -2.34. The number of fused-ring (bicyclic) bond motifs is 1. The van der Waals surface area contributed by atoms with Gasteiger partial charge in [0, 0.05) is 31.4 Å². The molecule has 1 fully saturated rings. The van der Waals surface area contributed by atoms with Gasteiger partial charge in [-0.25, -0.2) is 0 Å². The zero-order chi connectivity index (χ0) is 16.2. The van der Waals surface area contributed by atoms with Gasteiger partial charge in [-0.2, -0.15) is 0 Å². The fourth-order valence-electron chi connectivity index (χ4n) is 4.42. The zero-order valence-corrected chi connectivity index (χ0v) is 14.5. The molecule has 2 aromatic rings. The van der Waals surface area contributed by atoms with Crippen molar-refractivity contribution in [3.8, 4) is 0 Å². The molecule has 1 unspecified atom stereocenters.